The Labute approximate surface area is 88.1 Å². The van der Waals surface area contributed by atoms with E-state index < -0.39 is 5.60 Å². The molecule has 14 heavy (non-hydrogen) atoms. The van der Waals surface area contributed by atoms with E-state index in [2.05, 4.69) is 26.1 Å². The van der Waals surface area contributed by atoms with Crippen LogP contribution in [-0.2, 0) is 0 Å². The van der Waals surface area contributed by atoms with Crippen molar-refractivity contribution in [3.63, 3.8) is 0 Å². The highest BCUT2D eigenvalue weighted by Gasteiger charge is 2.38. The van der Waals surface area contributed by atoms with E-state index in [1.54, 1.807) is 0 Å². The molecule has 0 bridgehead atoms. The van der Waals surface area contributed by atoms with Gasteiger partial charge in [0, 0.05) is 6.04 Å². The summed E-state index contributed by atoms with van der Waals surface area (Å²) in [5.74, 6) is 1.11. The van der Waals surface area contributed by atoms with Crippen LogP contribution in [0.25, 0.3) is 0 Å². The average molecular weight is 199 g/mol. The first-order chi connectivity index (χ1) is 6.48. The fourth-order valence-corrected chi connectivity index (χ4v) is 2.31. The summed E-state index contributed by atoms with van der Waals surface area (Å²) in [6, 6.07) is 0.279. The summed E-state index contributed by atoms with van der Waals surface area (Å²) in [6.07, 6.45) is 3.39. The quantitative estimate of drug-likeness (QED) is 0.730. The molecule has 1 saturated heterocycles. The van der Waals surface area contributed by atoms with Gasteiger partial charge in [-0.1, -0.05) is 27.2 Å². The highest BCUT2D eigenvalue weighted by atomic mass is 16.3. The molecule has 2 N–H and O–H groups in total. The minimum Gasteiger partial charge on any atom is -0.388 e. The van der Waals surface area contributed by atoms with Crippen LogP contribution in [0.2, 0.25) is 0 Å². The Morgan fingerprint density at radius 2 is 2.21 bits per heavy atom. The van der Waals surface area contributed by atoms with Crippen molar-refractivity contribution in [2.45, 2.75) is 58.6 Å². The molecule has 1 rings (SSSR count). The molecule has 0 aliphatic carbocycles. The van der Waals surface area contributed by atoms with Gasteiger partial charge in [0.25, 0.3) is 0 Å². The Kier molecular flexibility index (Phi) is 3.96. The van der Waals surface area contributed by atoms with Crippen molar-refractivity contribution in [2.24, 2.45) is 11.8 Å². The van der Waals surface area contributed by atoms with E-state index in [1.807, 2.05) is 6.92 Å². The predicted octanol–water partition coefficient (Wildman–Crippen LogP) is 2.17. The Morgan fingerprint density at radius 1 is 1.57 bits per heavy atom. The molecule has 0 radical (unpaired) electrons. The zero-order valence-corrected chi connectivity index (χ0v) is 10.0. The summed E-state index contributed by atoms with van der Waals surface area (Å²) in [7, 11) is 0. The molecular formula is C12H25NO. The van der Waals surface area contributed by atoms with Gasteiger partial charge in [-0.15, -0.1) is 0 Å². The van der Waals surface area contributed by atoms with E-state index >= 15 is 0 Å². The number of hydrogen-bond acceptors (Lipinski definition) is 2. The molecule has 0 amide bonds. The standard InChI is InChI=1S/C12H25NO/c1-5-10(3)12(4,14)11-8-9(2)6-7-13-11/h9-11,13-14H,5-8H2,1-4H3. The van der Waals surface area contributed by atoms with E-state index in [-0.39, 0.29) is 6.04 Å². The van der Waals surface area contributed by atoms with Gasteiger partial charge in [0.1, 0.15) is 0 Å². The molecule has 0 saturated carbocycles. The Hall–Kier alpha value is -0.0800. The van der Waals surface area contributed by atoms with E-state index in [0.29, 0.717) is 5.92 Å². The SMILES string of the molecule is CCC(C)C(C)(O)C1CC(C)CCN1. The molecular weight excluding hydrogens is 174 g/mol. The first-order valence-corrected chi connectivity index (χ1v) is 5.94. The van der Waals surface area contributed by atoms with Crippen LogP contribution in [0.3, 0.4) is 0 Å². The molecule has 1 aliphatic rings. The molecule has 4 atom stereocenters. The normalized spacial score (nSPS) is 34.9. The van der Waals surface area contributed by atoms with Crippen LogP contribution in [0.1, 0.15) is 47.0 Å². The average Bonchev–Trinajstić information content (AvgIpc) is 2.16. The fourth-order valence-electron chi connectivity index (χ4n) is 2.31. The van der Waals surface area contributed by atoms with Crippen molar-refractivity contribution in [1.82, 2.24) is 5.32 Å². The van der Waals surface area contributed by atoms with Gasteiger partial charge in [-0.3, -0.25) is 0 Å². The van der Waals surface area contributed by atoms with Gasteiger partial charge < -0.3 is 10.4 Å². The summed E-state index contributed by atoms with van der Waals surface area (Å²) in [5, 5.41) is 13.9. The summed E-state index contributed by atoms with van der Waals surface area (Å²) in [5.41, 5.74) is -0.552. The van der Waals surface area contributed by atoms with E-state index in [0.717, 1.165) is 25.3 Å². The van der Waals surface area contributed by atoms with Crippen molar-refractivity contribution < 1.29 is 5.11 Å². The first kappa shape index (κ1) is 12.0. The van der Waals surface area contributed by atoms with Crippen molar-refractivity contribution in [2.75, 3.05) is 6.54 Å². The second-order valence-electron chi connectivity index (χ2n) is 5.17. The minimum absolute atomic E-state index is 0.279. The Bertz CT molecular complexity index is 179. The number of hydrogen-bond donors (Lipinski definition) is 2. The number of nitrogens with one attached hydrogen (secondary N) is 1. The Morgan fingerprint density at radius 3 is 2.71 bits per heavy atom. The van der Waals surface area contributed by atoms with Gasteiger partial charge >= 0.3 is 0 Å². The zero-order valence-electron chi connectivity index (χ0n) is 10.0. The van der Waals surface area contributed by atoms with E-state index in [9.17, 15) is 5.11 Å². The third-order valence-electron chi connectivity index (χ3n) is 3.98. The molecule has 2 heteroatoms. The number of rotatable bonds is 3. The first-order valence-electron chi connectivity index (χ1n) is 5.94. The fraction of sp³-hybridized carbons (Fsp3) is 1.00. The summed E-state index contributed by atoms with van der Waals surface area (Å²) in [6.45, 7) is 9.60. The number of aliphatic hydroxyl groups is 1. The van der Waals surface area contributed by atoms with Crippen LogP contribution in [0.5, 0.6) is 0 Å². The molecule has 0 spiro atoms. The second kappa shape index (κ2) is 4.63. The monoisotopic (exact) mass is 199 g/mol. The molecule has 1 aliphatic heterocycles. The van der Waals surface area contributed by atoms with Gasteiger partial charge in [-0.05, 0) is 38.1 Å². The molecule has 4 unspecified atom stereocenters. The van der Waals surface area contributed by atoms with Gasteiger partial charge in [0.2, 0.25) is 0 Å². The van der Waals surface area contributed by atoms with E-state index in [1.165, 1.54) is 6.42 Å². The highest BCUT2D eigenvalue weighted by molar-refractivity contribution is 4.94. The molecule has 0 aromatic carbocycles. The third-order valence-corrected chi connectivity index (χ3v) is 3.98. The largest absolute Gasteiger partial charge is 0.388 e. The van der Waals surface area contributed by atoms with Crippen LogP contribution >= 0.6 is 0 Å². The molecule has 0 aromatic rings. The van der Waals surface area contributed by atoms with Gasteiger partial charge in [0.15, 0.2) is 0 Å². The van der Waals surface area contributed by atoms with Crippen LogP contribution in [0.15, 0.2) is 0 Å². The maximum Gasteiger partial charge on any atom is 0.0797 e. The summed E-state index contributed by atoms with van der Waals surface area (Å²) >= 11 is 0. The Balaban J connectivity index is 2.61. The van der Waals surface area contributed by atoms with Crippen molar-refractivity contribution >= 4 is 0 Å². The molecule has 1 fully saturated rings. The lowest BCUT2D eigenvalue weighted by molar-refractivity contribution is -0.0424. The lowest BCUT2D eigenvalue weighted by Crippen LogP contribution is -2.55. The minimum atomic E-state index is -0.552. The van der Waals surface area contributed by atoms with E-state index in [4.69, 9.17) is 0 Å². The maximum absolute atomic E-state index is 10.5. The lowest BCUT2D eigenvalue weighted by Gasteiger charge is -2.42. The molecule has 84 valence electrons. The second-order valence-corrected chi connectivity index (χ2v) is 5.17. The van der Waals surface area contributed by atoms with Crippen LogP contribution in [-0.4, -0.2) is 23.3 Å². The van der Waals surface area contributed by atoms with Gasteiger partial charge in [0.05, 0.1) is 5.60 Å². The maximum atomic E-state index is 10.5. The summed E-state index contributed by atoms with van der Waals surface area (Å²) < 4.78 is 0. The highest BCUT2D eigenvalue weighted by Crippen LogP contribution is 2.30. The predicted molar refractivity (Wildman–Crippen MR) is 60.3 cm³/mol. The van der Waals surface area contributed by atoms with Crippen LogP contribution < -0.4 is 5.32 Å². The number of piperidine rings is 1. The molecule has 2 nitrogen and oxygen atoms in total. The van der Waals surface area contributed by atoms with Gasteiger partial charge in [-0.25, -0.2) is 0 Å². The topological polar surface area (TPSA) is 32.3 Å². The van der Waals surface area contributed by atoms with Crippen molar-refractivity contribution in [3.8, 4) is 0 Å². The summed E-state index contributed by atoms with van der Waals surface area (Å²) in [4.78, 5) is 0. The van der Waals surface area contributed by atoms with Crippen LogP contribution in [0, 0.1) is 11.8 Å². The van der Waals surface area contributed by atoms with Crippen LogP contribution in [0.4, 0.5) is 0 Å². The van der Waals surface area contributed by atoms with Crippen molar-refractivity contribution in [3.05, 3.63) is 0 Å². The van der Waals surface area contributed by atoms with Crippen molar-refractivity contribution in [1.29, 1.82) is 0 Å². The van der Waals surface area contributed by atoms with Gasteiger partial charge in [-0.2, -0.15) is 0 Å². The third kappa shape index (κ3) is 2.48. The smallest absolute Gasteiger partial charge is 0.0797 e. The molecule has 0 aromatic heterocycles. The lowest BCUT2D eigenvalue weighted by atomic mass is 9.77. The zero-order chi connectivity index (χ0) is 10.8. The molecule has 1 heterocycles.